The minimum Gasteiger partial charge on any atom is -0.456 e. The number of nitrogens with zero attached hydrogens (tertiary/aromatic N) is 1. The highest BCUT2D eigenvalue weighted by Crippen LogP contribution is 2.34. The van der Waals surface area contributed by atoms with Gasteiger partial charge in [-0.15, -0.1) is 0 Å². The van der Waals surface area contributed by atoms with Gasteiger partial charge in [0.2, 0.25) is 0 Å². The van der Waals surface area contributed by atoms with Crippen LogP contribution in [0.3, 0.4) is 0 Å². The van der Waals surface area contributed by atoms with Crippen LogP contribution in [0, 0.1) is 5.92 Å². The first-order valence-corrected chi connectivity index (χ1v) is 4.49. The van der Waals surface area contributed by atoms with Gasteiger partial charge < -0.3 is 9.30 Å². The Morgan fingerprint density at radius 3 is 2.85 bits per heavy atom. The van der Waals surface area contributed by atoms with Gasteiger partial charge in [-0.1, -0.05) is 6.92 Å². The number of esters is 1. The maximum absolute atomic E-state index is 11.0. The molecule has 1 aliphatic heterocycles. The zero-order valence-electron chi connectivity index (χ0n) is 7.86. The fraction of sp³-hybridized carbons (Fsp3) is 0.500. The molecule has 1 aromatic rings. The van der Waals surface area contributed by atoms with Crippen LogP contribution in [-0.2, 0) is 16.6 Å². The second-order valence-electron chi connectivity index (χ2n) is 3.64. The average molecular weight is 179 g/mol. The predicted molar refractivity (Wildman–Crippen MR) is 48.0 cm³/mol. The molecule has 0 amide bonds. The highest BCUT2D eigenvalue weighted by molar-refractivity contribution is 5.72. The van der Waals surface area contributed by atoms with E-state index in [-0.39, 0.29) is 12.1 Å². The summed E-state index contributed by atoms with van der Waals surface area (Å²) in [6.07, 6.45) is 2.46. The molecule has 13 heavy (non-hydrogen) atoms. The van der Waals surface area contributed by atoms with E-state index in [4.69, 9.17) is 4.74 Å². The lowest BCUT2D eigenvalue weighted by Crippen LogP contribution is -2.08. The topological polar surface area (TPSA) is 31.2 Å². The highest BCUT2D eigenvalue weighted by atomic mass is 16.6. The number of cyclic esters (lactones) is 1. The van der Waals surface area contributed by atoms with Gasteiger partial charge in [-0.05, 0) is 12.1 Å². The minimum absolute atomic E-state index is 0.0486. The molecule has 1 saturated heterocycles. The van der Waals surface area contributed by atoms with Crippen LogP contribution < -0.4 is 0 Å². The summed E-state index contributed by atoms with van der Waals surface area (Å²) in [5.41, 5.74) is 1.08. The largest absolute Gasteiger partial charge is 0.456 e. The molecule has 0 saturated carbocycles. The van der Waals surface area contributed by atoms with Crippen molar-refractivity contribution in [3.8, 4) is 0 Å². The normalized spacial score (nSPS) is 27.7. The zero-order chi connectivity index (χ0) is 9.42. The first-order valence-electron chi connectivity index (χ1n) is 4.49. The Bertz CT molecular complexity index is 329. The lowest BCUT2D eigenvalue weighted by molar-refractivity contribution is -0.142. The fourth-order valence-corrected chi connectivity index (χ4v) is 1.80. The SMILES string of the molecule is C[C@@H]1CC(=O)O[C@H]1c1cccn1C. The monoisotopic (exact) mass is 179 g/mol. The third-order valence-corrected chi connectivity index (χ3v) is 2.54. The van der Waals surface area contributed by atoms with Gasteiger partial charge in [-0.25, -0.2) is 0 Å². The van der Waals surface area contributed by atoms with Crippen LogP contribution in [-0.4, -0.2) is 10.5 Å². The van der Waals surface area contributed by atoms with E-state index in [0.29, 0.717) is 12.3 Å². The van der Waals surface area contributed by atoms with Gasteiger partial charge in [0.1, 0.15) is 6.10 Å². The third-order valence-electron chi connectivity index (χ3n) is 2.54. The van der Waals surface area contributed by atoms with Crippen molar-refractivity contribution < 1.29 is 9.53 Å². The molecule has 0 aliphatic carbocycles. The number of carbonyl (C=O) groups is 1. The van der Waals surface area contributed by atoms with Crippen LogP contribution in [0.2, 0.25) is 0 Å². The number of aryl methyl sites for hydroxylation is 1. The van der Waals surface area contributed by atoms with E-state index in [2.05, 4.69) is 0 Å². The summed E-state index contributed by atoms with van der Waals surface area (Å²) in [5, 5.41) is 0. The second-order valence-corrected chi connectivity index (χ2v) is 3.64. The number of aromatic nitrogens is 1. The highest BCUT2D eigenvalue weighted by Gasteiger charge is 2.33. The van der Waals surface area contributed by atoms with E-state index in [1.807, 2.05) is 36.9 Å². The van der Waals surface area contributed by atoms with Gasteiger partial charge in [-0.3, -0.25) is 4.79 Å². The first kappa shape index (κ1) is 8.35. The maximum Gasteiger partial charge on any atom is 0.306 e. The molecule has 1 aromatic heterocycles. The Morgan fingerprint density at radius 2 is 2.38 bits per heavy atom. The minimum atomic E-state index is -0.0845. The molecule has 3 nitrogen and oxygen atoms in total. The molecule has 0 bridgehead atoms. The van der Waals surface area contributed by atoms with Crippen LogP contribution in [0.25, 0.3) is 0 Å². The van der Waals surface area contributed by atoms with Crippen molar-refractivity contribution in [1.29, 1.82) is 0 Å². The molecular weight excluding hydrogens is 166 g/mol. The van der Waals surface area contributed by atoms with Crippen LogP contribution in [0.5, 0.6) is 0 Å². The van der Waals surface area contributed by atoms with Gasteiger partial charge in [-0.2, -0.15) is 0 Å². The van der Waals surface area contributed by atoms with E-state index in [0.717, 1.165) is 5.69 Å². The van der Waals surface area contributed by atoms with Gasteiger partial charge in [0.25, 0.3) is 0 Å². The number of hydrogen-bond donors (Lipinski definition) is 0. The number of ether oxygens (including phenoxy) is 1. The van der Waals surface area contributed by atoms with Crippen molar-refractivity contribution in [3.05, 3.63) is 24.0 Å². The summed E-state index contributed by atoms with van der Waals surface area (Å²) in [6.45, 7) is 2.04. The van der Waals surface area contributed by atoms with Crippen LogP contribution in [0.4, 0.5) is 0 Å². The summed E-state index contributed by atoms with van der Waals surface area (Å²) in [4.78, 5) is 11.0. The quantitative estimate of drug-likeness (QED) is 0.614. The van der Waals surface area contributed by atoms with Crippen molar-refractivity contribution in [2.75, 3.05) is 0 Å². The lowest BCUT2D eigenvalue weighted by atomic mass is 10.0. The Labute approximate surface area is 77.3 Å². The molecule has 0 radical (unpaired) electrons. The summed E-state index contributed by atoms with van der Waals surface area (Å²) < 4.78 is 7.24. The fourth-order valence-electron chi connectivity index (χ4n) is 1.80. The summed E-state index contributed by atoms with van der Waals surface area (Å²) >= 11 is 0. The van der Waals surface area contributed by atoms with Crippen LogP contribution in [0.1, 0.15) is 25.1 Å². The van der Waals surface area contributed by atoms with Crippen molar-refractivity contribution >= 4 is 5.97 Å². The molecule has 0 aromatic carbocycles. The molecule has 1 aliphatic rings. The molecule has 1 fully saturated rings. The molecule has 0 unspecified atom stereocenters. The lowest BCUT2D eigenvalue weighted by Gasteiger charge is -2.14. The summed E-state index contributed by atoms with van der Waals surface area (Å²) in [7, 11) is 1.97. The standard InChI is InChI=1S/C10H13NO2/c1-7-6-9(12)13-10(7)8-4-3-5-11(8)2/h3-5,7,10H,6H2,1-2H3/t7-,10-/m1/s1. The van der Waals surface area contributed by atoms with Gasteiger partial charge in [0.05, 0.1) is 12.1 Å². The first-order chi connectivity index (χ1) is 6.18. The van der Waals surface area contributed by atoms with Crippen LogP contribution >= 0.6 is 0 Å². The van der Waals surface area contributed by atoms with Crippen molar-refractivity contribution in [2.45, 2.75) is 19.4 Å². The average Bonchev–Trinajstić information content (AvgIpc) is 2.58. The van der Waals surface area contributed by atoms with E-state index >= 15 is 0 Å². The van der Waals surface area contributed by atoms with Crippen molar-refractivity contribution in [1.82, 2.24) is 4.57 Å². The van der Waals surface area contributed by atoms with Gasteiger partial charge in [0.15, 0.2) is 0 Å². The number of hydrogen-bond acceptors (Lipinski definition) is 2. The molecular formula is C10H13NO2. The van der Waals surface area contributed by atoms with Crippen molar-refractivity contribution in [3.63, 3.8) is 0 Å². The Kier molecular flexibility index (Phi) is 1.87. The zero-order valence-corrected chi connectivity index (χ0v) is 7.86. The molecule has 2 heterocycles. The van der Waals surface area contributed by atoms with E-state index in [9.17, 15) is 4.79 Å². The predicted octanol–water partition coefficient (Wildman–Crippen LogP) is 1.65. The molecule has 0 spiro atoms. The smallest absolute Gasteiger partial charge is 0.306 e. The summed E-state index contributed by atoms with van der Waals surface area (Å²) in [5.74, 6) is 0.208. The third kappa shape index (κ3) is 1.34. The Hall–Kier alpha value is -1.25. The molecule has 70 valence electrons. The Balaban J connectivity index is 2.27. The molecule has 2 atom stereocenters. The van der Waals surface area contributed by atoms with Gasteiger partial charge >= 0.3 is 5.97 Å². The second kappa shape index (κ2) is 2.91. The number of carbonyl (C=O) groups excluding carboxylic acids is 1. The van der Waals surface area contributed by atoms with Gasteiger partial charge in [0, 0.05) is 19.2 Å². The molecule has 0 N–H and O–H groups in total. The Morgan fingerprint density at radius 1 is 1.62 bits per heavy atom. The van der Waals surface area contributed by atoms with Crippen molar-refractivity contribution in [2.24, 2.45) is 13.0 Å². The summed E-state index contributed by atoms with van der Waals surface area (Å²) in [6, 6.07) is 3.97. The van der Waals surface area contributed by atoms with E-state index in [1.54, 1.807) is 0 Å². The van der Waals surface area contributed by atoms with E-state index < -0.39 is 0 Å². The molecule has 2 rings (SSSR count). The van der Waals surface area contributed by atoms with E-state index in [1.165, 1.54) is 0 Å². The number of rotatable bonds is 1. The maximum atomic E-state index is 11.0. The molecule has 3 heteroatoms. The van der Waals surface area contributed by atoms with Crippen LogP contribution in [0.15, 0.2) is 18.3 Å².